The van der Waals surface area contributed by atoms with Crippen LogP contribution < -0.4 is 10.7 Å². The third-order valence-electron chi connectivity index (χ3n) is 3.13. The molecule has 0 spiro atoms. The van der Waals surface area contributed by atoms with E-state index in [1.807, 2.05) is 0 Å². The van der Waals surface area contributed by atoms with Crippen LogP contribution >= 0.6 is 0 Å². The van der Waals surface area contributed by atoms with Crippen LogP contribution in [-0.2, 0) is 14.3 Å². The predicted octanol–water partition coefficient (Wildman–Crippen LogP) is 1.66. The largest absolute Gasteiger partial charge is 0.508 e. The van der Waals surface area contributed by atoms with Crippen molar-refractivity contribution in [3.63, 3.8) is 0 Å². The number of phenolic OH excluding ortho intramolecular Hbond substituents is 1. The summed E-state index contributed by atoms with van der Waals surface area (Å²) >= 11 is 0. The Morgan fingerprint density at radius 2 is 1.69 bits per heavy atom. The molecule has 2 aromatic rings. The lowest BCUT2D eigenvalue weighted by atomic mass is 10.2. The summed E-state index contributed by atoms with van der Waals surface area (Å²) in [5, 5.41) is 15.2. The maximum atomic E-state index is 11.8. The first kappa shape index (κ1) is 18.7. The molecular formula is C18H17N3O5. The quantitative estimate of drug-likeness (QED) is 0.326. The van der Waals surface area contributed by atoms with Crippen LogP contribution in [0.4, 0.5) is 5.69 Å². The topological polar surface area (TPSA) is 117 Å². The zero-order valence-corrected chi connectivity index (χ0v) is 13.9. The van der Waals surface area contributed by atoms with Crippen molar-refractivity contribution in [2.75, 3.05) is 11.9 Å². The van der Waals surface area contributed by atoms with Crippen molar-refractivity contribution in [1.29, 1.82) is 0 Å². The van der Waals surface area contributed by atoms with E-state index in [0.717, 1.165) is 0 Å². The van der Waals surface area contributed by atoms with Gasteiger partial charge >= 0.3 is 17.8 Å². The van der Waals surface area contributed by atoms with Crippen molar-refractivity contribution in [3.05, 3.63) is 59.7 Å². The van der Waals surface area contributed by atoms with Gasteiger partial charge in [0.05, 0.1) is 18.4 Å². The molecule has 134 valence electrons. The molecule has 2 aromatic carbocycles. The molecule has 0 bridgehead atoms. The monoisotopic (exact) mass is 355 g/mol. The minimum absolute atomic E-state index is 0.111. The number of hydrazone groups is 1. The van der Waals surface area contributed by atoms with Gasteiger partial charge in [0.25, 0.3) is 0 Å². The Hall–Kier alpha value is -3.68. The van der Waals surface area contributed by atoms with Crippen molar-refractivity contribution in [2.24, 2.45) is 5.10 Å². The molecule has 26 heavy (non-hydrogen) atoms. The first-order chi connectivity index (χ1) is 12.5. The summed E-state index contributed by atoms with van der Waals surface area (Å²) in [6.07, 6.45) is 1.33. The Balaban J connectivity index is 1.87. The summed E-state index contributed by atoms with van der Waals surface area (Å²) in [5.74, 6) is -2.21. The molecule has 0 aliphatic rings. The average Bonchev–Trinajstić information content (AvgIpc) is 2.64. The summed E-state index contributed by atoms with van der Waals surface area (Å²) in [6.45, 7) is 1.97. The number of carbonyl (C=O) groups excluding carboxylic acids is 3. The van der Waals surface area contributed by atoms with E-state index >= 15 is 0 Å². The van der Waals surface area contributed by atoms with Gasteiger partial charge in [0.1, 0.15) is 5.75 Å². The van der Waals surface area contributed by atoms with E-state index in [9.17, 15) is 14.4 Å². The number of phenols is 1. The lowest BCUT2D eigenvalue weighted by Gasteiger charge is -2.05. The highest BCUT2D eigenvalue weighted by Gasteiger charge is 2.13. The molecule has 0 atom stereocenters. The normalized spacial score (nSPS) is 10.3. The molecule has 0 fully saturated rings. The van der Waals surface area contributed by atoms with Gasteiger partial charge in [0.2, 0.25) is 0 Å². The van der Waals surface area contributed by atoms with Crippen LogP contribution in [0.3, 0.4) is 0 Å². The van der Waals surface area contributed by atoms with E-state index < -0.39 is 17.8 Å². The second kappa shape index (κ2) is 8.97. The summed E-state index contributed by atoms with van der Waals surface area (Å²) < 4.78 is 4.85. The Morgan fingerprint density at radius 3 is 2.31 bits per heavy atom. The fraction of sp³-hybridized carbons (Fsp3) is 0.111. The molecule has 0 aliphatic carbocycles. The molecule has 0 aliphatic heterocycles. The molecular weight excluding hydrogens is 338 g/mol. The number of carbonyl (C=O) groups is 3. The van der Waals surface area contributed by atoms with Gasteiger partial charge in [-0.1, -0.05) is 0 Å². The number of hydrogen-bond acceptors (Lipinski definition) is 6. The number of nitrogens with zero attached hydrogens (tertiary/aromatic N) is 1. The second-order valence-corrected chi connectivity index (χ2v) is 5.04. The van der Waals surface area contributed by atoms with Crippen molar-refractivity contribution in [2.45, 2.75) is 6.92 Å². The number of benzene rings is 2. The van der Waals surface area contributed by atoms with Gasteiger partial charge in [-0.25, -0.2) is 10.2 Å². The van der Waals surface area contributed by atoms with Crippen LogP contribution in [0.5, 0.6) is 5.75 Å². The molecule has 0 aromatic heterocycles. The molecule has 8 heteroatoms. The summed E-state index contributed by atoms with van der Waals surface area (Å²) in [4.78, 5) is 35.0. The third-order valence-corrected chi connectivity index (χ3v) is 3.13. The van der Waals surface area contributed by atoms with Gasteiger partial charge in [-0.2, -0.15) is 5.10 Å². The standard InChI is InChI=1S/C18H17N3O5/c1-2-26-18(25)13-5-7-14(8-6-13)20-16(23)17(24)21-19-11-12-3-9-15(22)10-4-12/h3-11,22H,2H2,1H3,(H,20,23)(H,21,24)/b19-11-. The third kappa shape index (κ3) is 5.45. The van der Waals surface area contributed by atoms with Gasteiger partial charge in [-0.3, -0.25) is 9.59 Å². The highest BCUT2D eigenvalue weighted by Crippen LogP contribution is 2.10. The lowest BCUT2D eigenvalue weighted by molar-refractivity contribution is -0.136. The number of esters is 1. The van der Waals surface area contributed by atoms with Crippen LogP contribution in [0.1, 0.15) is 22.8 Å². The smallest absolute Gasteiger partial charge is 0.338 e. The first-order valence-electron chi connectivity index (χ1n) is 7.70. The zero-order valence-electron chi connectivity index (χ0n) is 13.9. The molecule has 0 saturated heterocycles. The van der Waals surface area contributed by atoms with E-state index in [1.54, 1.807) is 19.1 Å². The summed E-state index contributed by atoms with van der Waals surface area (Å²) in [7, 11) is 0. The number of aromatic hydroxyl groups is 1. The van der Waals surface area contributed by atoms with Gasteiger partial charge in [0, 0.05) is 5.69 Å². The predicted molar refractivity (Wildman–Crippen MR) is 94.9 cm³/mol. The highest BCUT2D eigenvalue weighted by atomic mass is 16.5. The minimum atomic E-state index is -0.950. The second-order valence-electron chi connectivity index (χ2n) is 5.04. The Kier molecular flexibility index (Phi) is 6.44. The van der Waals surface area contributed by atoms with E-state index in [4.69, 9.17) is 9.84 Å². The number of amides is 2. The lowest BCUT2D eigenvalue weighted by Crippen LogP contribution is -2.32. The highest BCUT2D eigenvalue weighted by molar-refractivity contribution is 6.39. The van der Waals surface area contributed by atoms with E-state index in [1.165, 1.54) is 42.6 Å². The van der Waals surface area contributed by atoms with Gasteiger partial charge in [0.15, 0.2) is 0 Å². The van der Waals surface area contributed by atoms with Crippen molar-refractivity contribution in [1.82, 2.24) is 5.43 Å². The molecule has 0 unspecified atom stereocenters. The zero-order chi connectivity index (χ0) is 18.9. The Labute approximate surface area is 149 Å². The van der Waals surface area contributed by atoms with Crippen LogP contribution in [-0.4, -0.2) is 35.7 Å². The van der Waals surface area contributed by atoms with Crippen LogP contribution in [0.25, 0.3) is 0 Å². The molecule has 2 rings (SSSR count). The van der Waals surface area contributed by atoms with E-state index in [0.29, 0.717) is 16.8 Å². The molecule has 3 N–H and O–H groups in total. The maximum absolute atomic E-state index is 11.8. The molecule has 0 heterocycles. The summed E-state index contributed by atoms with van der Waals surface area (Å²) in [5.41, 5.74) is 3.42. The van der Waals surface area contributed by atoms with Crippen LogP contribution in [0, 0.1) is 0 Å². The van der Waals surface area contributed by atoms with Gasteiger partial charge in [-0.15, -0.1) is 0 Å². The van der Waals surface area contributed by atoms with Gasteiger partial charge in [-0.05, 0) is 61.0 Å². The van der Waals surface area contributed by atoms with Crippen molar-refractivity contribution < 1.29 is 24.2 Å². The number of rotatable bonds is 5. The number of nitrogens with one attached hydrogen (secondary N) is 2. The summed E-state index contributed by atoms with van der Waals surface area (Å²) in [6, 6.07) is 12.1. The van der Waals surface area contributed by atoms with E-state index in [-0.39, 0.29) is 12.4 Å². The average molecular weight is 355 g/mol. The van der Waals surface area contributed by atoms with Crippen molar-refractivity contribution >= 4 is 29.7 Å². The SMILES string of the molecule is CCOC(=O)c1ccc(NC(=O)C(=O)N/N=C\c2ccc(O)cc2)cc1. The maximum Gasteiger partial charge on any atom is 0.338 e. The van der Waals surface area contributed by atoms with Crippen molar-refractivity contribution in [3.8, 4) is 5.75 Å². The molecule has 2 amide bonds. The Bertz CT molecular complexity index is 814. The Morgan fingerprint density at radius 1 is 1.04 bits per heavy atom. The van der Waals surface area contributed by atoms with E-state index in [2.05, 4.69) is 15.8 Å². The molecule has 8 nitrogen and oxygen atoms in total. The molecule has 0 radical (unpaired) electrons. The fourth-order valence-electron chi connectivity index (χ4n) is 1.87. The minimum Gasteiger partial charge on any atom is -0.508 e. The van der Waals surface area contributed by atoms with Gasteiger partial charge < -0.3 is 15.2 Å². The van der Waals surface area contributed by atoms with Crippen LogP contribution in [0.15, 0.2) is 53.6 Å². The number of ether oxygens (including phenoxy) is 1. The fourth-order valence-corrected chi connectivity index (χ4v) is 1.87. The number of hydrogen-bond donors (Lipinski definition) is 3. The number of anilines is 1. The van der Waals surface area contributed by atoms with Crippen LogP contribution in [0.2, 0.25) is 0 Å². The molecule has 0 saturated carbocycles. The first-order valence-corrected chi connectivity index (χ1v) is 7.70.